The monoisotopic (exact) mass is 357 g/mol. The van der Waals surface area contributed by atoms with Gasteiger partial charge in [-0.3, -0.25) is 0 Å². The Morgan fingerprint density at radius 3 is 2.05 bits per heavy atom. The van der Waals surface area contributed by atoms with Crippen molar-refractivity contribution in [3.05, 3.63) is 29.8 Å². The second-order valence-corrected chi connectivity index (χ2v) is 9.39. The Bertz CT molecular complexity index is 755. The van der Waals surface area contributed by atoms with Crippen molar-refractivity contribution in [1.82, 2.24) is 4.31 Å². The number of nitrogens with zero attached hydrogens (tertiary/aromatic N) is 1. The molecule has 1 fully saturated rings. The minimum atomic E-state index is -4.54. The zero-order valence-corrected chi connectivity index (χ0v) is 13.2. The average molecular weight is 357 g/mol. The van der Waals surface area contributed by atoms with Gasteiger partial charge in [-0.05, 0) is 30.7 Å². The van der Waals surface area contributed by atoms with Crippen LogP contribution in [0.4, 0.5) is 13.2 Å². The number of rotatable bonds is 3. The SMILES string of the molecule is CS(=O)(=O)[C@H]1CCN(S(=O)(=O)c2ccc(C(F)(F)F)cc2)C1. The van der Waals surface area contributed by atoms with E-state index in [2.05, 4.69) is 0 Å². The Labute approximate surface area is 126 Å². The van der Waals surface area contributed by atoms with Gasteiger partial charge in [-0.1, -0.05) is 0 Å². The molecule has 0 aromatic heterocycles. The standard InChI is InChI=1S/C12H14F3NO4S2/c1-21(17,18)11-6-7-16(8-11)22(19,20)10-4-2-9(3-5-10)12(13,14)15/h2-5,11H,6-8H2,1H3/t11-/m0/s1. The van der Waals surface area contributed by atoms with Gasteiger partial charge >= 0.3 is 6.18 Å². The van der Waals surface area contributed by atoms with E-state index in [0.717, 1.165) is 22.7 Å². The normalized spacial score (nSPS) is 21.2. The summed E-state index contributed by atoms with van der Waals surface area (Å²) >= 11 is 0. The summed E-state index contributed by atoms with van der Waals surface area (Å²) in [7, 11) is -7.35. The third-order valence-electron chi connectivity index (χ3n) is 3.53. The van der Waals surface area contributed by atoms with E-state index in [1.807, 2.05) is 0 Å². The van der Waals surface area contributed by atoms with Crippen LogP contribution in [0.15, 0.2) is 29.2 Å². The summed E-state index contributed by atoms with van der Waals surface area (Å²) in [6.45, 7) is -0.150. The molecule has 124 valence electrons. The summed E-state index contributed by atoms with van der Waals surface area (Å²) in [5.41, 5.74) is -0.943. The lowest BCUT2D eigenvalue weighted by Crippen LogP contribution is -2.31. The van der Waals surface area contributed by atoms with Crippen LogP contribution in [-0.4, -0.2) is 45.7 Å². The van der Waals surface area contributed by atoms with Crippen molar-refractivity contribution in [1.29, 1.82) is 0 Å². The van der Waals surface area contributed by atoms with Crippen LogP contribution in [0.3, 0.4) is 0 Å². The highest BCUT2D eigenvalue weighted by atomic mass is 32.2. The first-order valence-corrected chi connectivity index (χ1v) is 9.68. The molecule has 1 aliphatic rings. The molecular weight excluding hydrogens is 343 g/mol. The van der Waals surface area contributed by atoms with E-state index in [9.17, 15) is 30.0 Å². The van der Waals surface area contributed by atoms with Gasteiger partial charge < -0.3 is 0 Å². The maximum absolute atomic E-state index is 12.5. The second kappa shape index (κ2) is 5.50. The minimum Gasteiger partial charge on any atom is -0.229 e. The van der Waals surface area contributed by atoms with Crippen LogP contribution in [0.5, 0.6) is 0 Å². The molecule has 1 aliphatic heterocycles. The Morgan fingerprint density at radius 2 is 1.64 bits per heavy atom. The zero-order valence-electron chi connectivity index (χ0n) is 11.5. The summed E-state index contributed by atoms with van der Waals surface area (Å²) in [6, 6.07) is 3.14. The van der Waals surface area contributed by atoms with Gasteiger partial charge in [-0.25, -0.2) is 16.8 Å². The topological polar surface area (TPSA) is 71.5 Å². The lowest BCUT2D eigenvalue weighted by atomic mass is 10.2. The molecule has 0 saturated carbocycles. The van der Waals surface area contributed by atoms with Crippen LogP contribution in [0, 0.1) is 0 Å². The Balaban J connectivity index is 2.25. The van der Waals surface area contributed by atoms with Gasteiger partial charge in [0.15, 0.2) is 9.84 Å². The van der Waals surface area contributed by atoms with Crippen molar-refractivity contribution in [2.24, 2.45) is 0 Å². The number of sulfonamides is 1. The van der Waals surface area contributed by atoms with Crippen LogP contribution in [0.25, 0.3) is 0 Å². The van der Waals surface area contributed by atoms with Crippen molar-refractivity contribution in [2.45, 2.75) is 22.7 Å². The molecule has 1 atom stereocenters. The summed E-state index contributed by atoms with van der Waals surface area (Å²) < 4.78 is 85.9. The molecule has 0 unspecified atom stereocenters. The zero-order chi connectivity index (χ0) is 16.8. The first-order valence-electron chi connectivity index (χ1n) is 6.28. The molecule has 10 heteroatoms. The van der Waals surface area contributed by atoms with E-state index >= 15 is 0 Å². The van der Waals surface area contributed by atoms with Crippen LogP contribution < -0.4 is 0 Å². The van der Waals surface area contributed by atoms with E-state index in [1.165, 1.54) is 0 Å². The van der Waals surface area contributed by atoms with E-state index in [0.29, 0.717) is 12.1 Å². The van der Waals surface area contributed by atoms with Crippen molar-refractivity contribution in [3.63, 3.8) is 0 Å². The van der Waals surface area contributed by atoms with Gasteiger partial charge in [0.1, 0.15) is 0 Å². The minimum absolute atomic E-state index is 0.0289. The van der Waals surface area contributed by atoms with Crippen LogP contribution >= 0.6 is 0 Å². The Kier molecular flexibility index (Phi) is 4.31. The molecule has 0 amide bonds. The Morgan fingerprint density at radius 1 is 1.09 bits per heavy atom. The summed E-state index contributed by atoms with van der Waals surface area (Å²) in [5, 5.41) is -0.781. The lowest BCUT2D eigenvalue weighted by Gasteiger charge is -2.16. The fourth-order valence-corrected chi connectivity index (χ4v) is 4.81. The lowest BCUT2D eigenvalue weighted by molar-refractivity contribution is -0.137. The van der Waals surface area contributed by atoms with E-state index < -0.39 is 36.9 Å². The second-order valence-electron chi connectivity index (χ2n) is 5.13. The molecular formula is C12H14F3NO4S2. The highest BCUT2D eigenvalue weighted by Gasteiger charge is 2.37. The van der Waals surface area contributed by atoms with Crippen molar-refractivity contribution >= 4 is 19.9 Å². The molecule has 0 spiro atoms. The molecule has 1 aromatic rings. The summed E-state index contributed by atoms with van der Waals surface area (Å²) in [5.74, 6) is 0. The maximum atomic E-state index is 12.5. The molecule has 1 aromatic carbocycles. The fraction of sp³-hybridized carbons (Fsp3) is 0.500. The molecule has 22 heavy (non-hydrogen) atoms. The van der Waals surface area contributed by atoms with E-state index in [-0.39, 0.29) is 24.4 Å². The molecule has 1 saturated heterocycles. The smallest absolute Gasteiger partial charge is 0.229 e. The number of alkyl halides is 3. The number of sulfone groups is 1. The largest absolute Gasteiger partial charge is 0.416 e. The van der Waals surface area contributed by atoms with Gasteiger partial charge in [0.05, 0.1) is 15.7 Å². The molecule has 0 bridgehead atoms. The Hall–Kier alpha value is -1.13. The molecule has 1 heterocycles. The van der Waals surface area contributed by atoms with Crippen LogP contribution in [0.2, 0.25) is 0 Å². The number of halogens is 3. The maximum Gasteiger partial charge on any atom is 0.416 e. The molecule has 0 aliphatic carbocycles. The molecule has 2 rings (SSSR count). The van der Waals surface area contributed by atoms with Gasteiger partial charge in [-0.15, -0.1) is 0 Å². The van der Waals surface area contributed by atoms with Gasteiger partial charge in [0, 0.05) is 19.3 Å². The predicted octanol–water partition coefficient (Wildman–Crippen LogP) is 1.51. The predicted molar refractivity (Wildman–Crippen MR) is 73.5 cm³/mol. The molecule has 0 N–H and O–H groups in total. The first-order chi connectivity index (χ1) is 9.92. The highest BCUT2D eigenvalue weighted by Crippen LogP contribution is 2.31. The van der Waals surface area contributed by atoms with Gasteiger partial charge in [0.2, 0.25) is 10.0 Å². The van der Waals surface area contributed by atoms with Crippen molar-refractivity contribution in [2.75, 3.05) is 19.3 Å². The van der Waals surface area contributed by atoms with Crippen LogP contribution in [-0.2, 0) is 26.0 Å². The summed E-state index contributed by atoms with van der Waals surface area (Å²) in [4.78, 5) is -0.283. The quantitative estimate of drug-likeness (QED) is 0.822. The number of benzene rings is 1. The third-order valence-corrected chi connectivity index (χ3v) is 7.01. The van der Waals surface area contributed by atoms with Gasteiger partial charge in [-0.2, -0.15) is 17.5 Å². The van der Waals surface area contributed by atoms with Crippen LogP contribution in [0.1, 0.15) is 12.0 Å². The third kappa shape index (κ3) is 3.44. The average Bonchev–Trinajstić information content (AvgIpc) is 2.88. The number of hydrogen-bond donors (Lipinski definition) is 0. The molecule has 5 nitrogen and oxygen atoms in total. The first kappa shape index (κ1) is 17.2. The van der Waals surface area contributed by atoms with Crippen molar-refractivity contribution < 1.29 is 30.0 Å². The fourth-order valence-electron chi connectivity index (χ4n) is 2.23. The highest BCUT2D eigenvalue weighted by molar-refractivity contribution is 7.91. The van der Waals surface area contributed by atoms with E-state index in [1.54, 1.807) is 0 Å². The molecule has 0 radical (unpaired) electrons. The summed E-state index contributed by atoms with van der Waals surface area (Å²) in [6.07, 6.45) is -3.33. The van der Waals surface area contributed by atoms with Crippen molar-refractivity contribution in [3.8, 4) is 0 Å². The van der Waals surface area contributed by atoms with Gasteiger partial charge in [0.25, 0.3) is 0 Å². The number of hydrogen-bond acceptors (Lipinski definition) is 4. The van der Waals surface area contributed by atoms with E-state index in [4.69, 9.17) is 0 Å².